The molecule has 0 amide bonds. The van der Waals surface area contributed by atoms with E-state index in [1.165, 1.54) is 0 Å². The van der Waals surface area contributed by atoms with Crippen LogP contribution in [0.5, 0.6) is 11.5 Å². The lowest BCUT2D eigenvalue weighted by Crippen LogP contribution is -2.08. The first-order valence-electron chi connectivity index (χ1n) is 8.13. The molecule has 0 aromatic heterocycles. The molecule has 0 aliphatic rings. The molecule has 0 aliphatic heterocycles. The molecule has 0 bridgehead atoms. The van der Waals surface area contributed by atoms with E-state index in [1.807, 2.05) is 38.1 Å². The Labute approximate surface area is 147 Å². The van der Waals surface area contributed by atoms with Crippen LogP contribution < -0.4 is 9.47 Å². The SMILES string of the molecule is Cc1c(CO)cccc1-c1ccc(OCCN=O)c(OCCO)c1C. The molecule has 0 atom stereocenters. The zero-order chi connectivity index (χ0) is 18.2. The van der Waals surface area contributed by atoms with Gasteiger partial charge in [0.05, 0.1) is 13.2 Å². The summed E-state index contributed by atoms with van der Waals surface area (Å²) in [6.07, 6.45) is 0. The molecule has 0 unspecified atom stereocenters. The monoisotopic (exact) mass is 345 g/mol. The van der Waals surface area contributed by atoms with Crippen molar-refractivity contribution >= 4 is 0 Å². The van der Waals surface area contributed by atoms with Gasteiger partial charge in [0.25, 0.3) is 0 Å². The molecule has 0 radical (unpaired) electrons. The van der Waals surface area contributed by atoms with Gasteiger partial charge in [-0.25, -0.2) is 0 Å². The first kappa shape index (κ1) is 18.9. The zero-order valence-electron chi connectivity index (χ0n) is 14.5. The Morgan fingerprint density at radius 2 is 1.72 bits per heavy atom. The number of aliphatic hydroxyl groups excluding tert-OH is 2. The van der Waals surface area contributed by atoms with Crippen LogP contribution in [0.4, 0.5) is 0 Å². The highest BCUT2D eigenvalue weighted by Crippen LogP contribution is 2.39. The Kier molecular flexibility index (Phi) is 6.91. The number of rotatable bonds is 9. The molecule has 0 spiro atoms. The van der Waals surface area contributed by atoms with Gasteiger partial charge in [-0.3, -0.25) is 0 Å². The molecule has 0 heterocycles. The molecule has 2 N–H and O–H groups in total. The molecule has 0 saturated heterocycles. The van der Waals surface area contributed by atoms with Gasteiger partial charge in [-0.05, 0) is 42.2 Å². The largest absolute Gasteiger partial charge is 0.488 e. The first-order valence-corrected chi connectivity index (χ1v) is 8.13. The smallest absolute Gasteiger partial charge is 0.164 e. The van der Waals surface area contributed by atoms with Crippen LogP contribution in [0.1, 0.15) is 16.7 Å². The van der Waals surface area contributed by atoms with Gasteiger partial charge < -0.3 is 19.7 Å². The molecule has 2 aromatic carbocycles. The van der Waals surface area contributed by atoms with E-state index in [1.54, 1.807) is 6.07 Å². The Morgan fingerprint density at radius 3 is 2.40 bits per heavy atom. The summed E-state index contributed by atoms with van der Waals surface area (Å²) in [6.45, 7) is 4.11. The van der Waals surface area contributed by atoms with Crippen molar-refractivity contribution in [2.45, 2.75) is 20.5 Å². The van der Waals surface area contributed by atoms with Crippen molar-refractivity contribution in [1.82, 2.24) is 0 Å². The highest BCUT2D eigenvalue weighted by molar-refractivity contribution is 5.75. The maximum absolute atomic E-state index is 10.2. The van der Waals surface area contributed by atoms with Gasteiger partial charge in [-0.15, -0.1) is 0 Å². The summed E-state index contributed by atoms with van der Waals surface area (Å²) in [5.41, 5.74) is 4.69. The summed E-state index contributed by atoms with van der Waals surface area (Å²) < 4.78 is 11.3. The van der Waals surface area contributed by atoms with Gasteiger partial charge in [0.15, 0.2) is 11.5 Å². The van der Waals surface area contributed by atoms with Crippen LogP contribution in [-0.4, -0.2) is 36.6 Å². The number of hydrogen-bond donors (Lipinski definition) is 2. The minimum absolute atomic E-state index is 0.0213. The summed E-state index contributed by atoms with van der Waals surface area (Å²) in [5, 5.41) is 21.3. The Balaban J connectivity index is 2.48. The van der Waals surface area contributed by atoms with E-state index in [4.69, 9.17) is 14.6 Å². The van der Waals surface area contributed by atoms with Gasteiger partial charge in [-0.2, -0.15) is 4.91 Å². The van der Waals surface area contributed by atoms with Crippen molar-refractivity contribution in [1.29, 1.82) is 0 Å². The van der Waals surface area contributed by atoms with Crippen LogP contribution in [-0.2, 0) is 6.61 Å². The maximum atomic E-state index is 10.2. The molecule has 2 aromatic rings. The summed E-state index contributed by atoms with van der Waals surface area (Å²) in [6, 6.07) is 9.49. The van der Waals surface area contributed by atoms with Crippen molar-refractivity contribution in [2.24, 2.45) is 5.18 Å². The fourth-order valence-corrected chi connectivity index (χ4v) is 2.74. The summed E-state index contributed by atoms with van der Waals surface area (Å²) in [4.78, 5) is 10.2. The van der Waals surface area contributed by atoms with Crippen LogP contribution in [0.15, 0.2) is 35.5 Å². The average Bonchev–Trinajstić information content (AvgIpc) is 2.62. The first-order chi connectivity index (χ1) is 12.1. The third-order valence-corrected chi connectivity index (χ3v) is 4.05. The molecule has 0 aliphatic carbocycles. The molecule has 25 heavy (non-hydrogen) atoms. The predicted octanol–water partition coefficient (Wildman–Crippen LogP) is 2.98. The summed E-state index contributed by atoms with van der Waals surface area (Å²) in [7, 11) is 0. The number of aliphatic hydroxyl groups is 2. The van der Waals surface area contributed by atoms with Crippen LogP contribution in [0.2, 0.25) is 0 Å². The number of nitrogens with zero attached hydrogens (tertiary/aromatic N) is 1. The van der Waals surface area contributed by atoms with Gasteiger partial charge in [-0.1, -0.05) is 29.4 Å². The van der Waals surface area contributed by atoms with Crippen LogP contribution in [0.3, 0.4) is 0 Å². The number of ether oxygens (including phenoxy) is 2. The van der Waals surface area contributed by atoms with Crippen LogP contribution >= 0.6 is 0 Å². The van der Waals surface area contributed by atoms with Gasteiger partial charge in [0.1, 0.15) is 19.8 Å². The Hall–Kier alpha value is -2.44. The highest BCUT2D eigenvalue weighted by Gasteiger charge is 2.16. The van der Waals surface area contributed by atoms with E-state index in [0.29, 0.717) is 11.5 Å². The lowest BCUT2D eigenvalue weighted by molar-refractivity contribution is 0.193. The molecule has 6 nitrogen and oxygen atoms in total. The lowest BCUT2D eigenvalue weighted by Gasteiger charge is -2.18. The number of nitroso groups, excluding NO2 is 1. The van der Waals surface area contributed by atoms with Crippen molar-refractivity contribution < 1.29 is 19.7 Å². The molecule has 2 rings (SSSR count). The standard InChI is InChI=1S/C19H23NO5/c1-13-15(12-22)4-3-5-16(13)17-6-7-18(24-10-8-20-23)19(14(17)2)25-11-9-21/h3-7,21-22H,8-12H2,1-2H3. The second kappa shape index (κ2) is 9.15. The van der Waals surface area contributed by atoms with E-state index in [-0.39, 0.29) is 33.0 Å². The third kappa shape index (κ3) is 4.35. The molecule has 0 fully saturated rings. The number of hydrogen-bond acceptors (Lipinski definition) is 6. The minimum Gasteiger partial charge on any atom is -0.488 e. The molecule has 0 saturated carbocycles. The van der Waals surface area contributed by atoms with Crippen molar-refractivity contribution in [3.63, 3.8) is 0 Å². The molecule has 134 valence electrons. The Morgan fingerprint density at radius 1 is 0.960 bits per heavy atom. The summed E-state index contributed by atoms with van der Waals surface area (Å²) >= 11 is 0. The third-order valence-electron chi connectivity index (χ3n) is 4.05. The Bertz CT molecular complexity index is 730. The second-order valence-electron chi connectivity index (χ2n) is 5.59. The quantitative estimate of drug-likeness (QED) is 0.539. The second-order valence-corrected chi connectivity index (χ2v) is 5.59. The normalized spacial score (nSPS) is 10.6. The maximum Gasteiger partial charge on any atom is 0.164 e. The van der Waals surface area contributed by atoms with Crippen molar-refractivity contribution in [2.75, 3.05) is 26.4 Å². The number of benzene rings is 2. The molecule has 6 heteroatoms. The van der Waals surface area contributed by atoms with E-state index in [2.05, 4.69) is 5.18 Å². The van der Waals surface area contributed by atoms with E-state index < -0.39 is 0 Å². The fourth-order valence-electron chi connectivity index (χ4n) is 2.74. The van der Waals surface area contributed by atoms with Crippen LogP contribution in [0, 0.1) is 18.8 Å². The topological polar surface area (TPSA) is 88.4 Å². The highest BCUT2D eigenvalue weighted by atomic mass is 16.5. The van der Waals surface area contributed by atoms with Crippen molar-refractivity contribution in [3.05, 3.63) is 51.9 Å². The fraction of sp³-hybridized carbons (Fsp3) is 0.368. The van der Waals surface area contributed by atoms with Crippen molar-refractivity contribution in [3.8, 4) is 22.6 Å². The van der Waals surface area contributed by atoms with Gasteiger partial charge in [0, 0.05) is 5.56 Å². The average molecular weight is 345 g/mol. The van der Waals surface area contributed by atoms with Gasteiger partial charge in [0.2, 0.25) is 0 Å². The van der Waals surface area contributed by atoms with E-state index in [9.17, 15) is 10.0 Å². The molecular weight excluding hydrogens is 322 g/mol. The van der Waals surface area contributed by atoms with E-state index >= 15 is 0 Å². The molecular formula is C19H23NO5. The minimum atomic E-state index is -0.113. The summed E-state index contributed by atoms with van der Waals surface area (Å²) in [5.74, 6) is 1.04. The zero-order valence-corrected chi connectivity index (χ0v) is 14.5. The van der Waals surface area contributed by atoms with Crippen LogP contribution in [0.25, 0.3) is 11.1 Å². The van der Waals surface area contributed by atoms with E-state index in [0.717, 1.165) is 27.8 Å². The van der Waals surface area contributed by atoms with Gasteiger partial charge >= 0.3 is 0 Å². The lowest BCUT2D eigenvalue weighted by atomic mass is 9.93. The predicted molar refractivity (Wildman–Crippen MR) is 96.0 cm³/mol.